The van der Waals surface area contributed by atoms with E-state index in [0.29, 0.717) is 28.7 Å². The van der Waals surface area contributed by atoms with Gasteiger partial charge in [-0.1, -0.05) is 0 Å². The minimum atomic E-state index is -4.49. The Morgan fingerprint density at radius 3 is 2.61 bits per heavy atom. The topological polar surface area (TPSA) is 101 Å². The van der Waals surface area contributed by atoms with Crippen molar-refractivity contribution >= 4 is 28.4 Å². The van der Waals surface area contributed by atoms with Crippen LogP contribution in [0.4, 0.5) is 29.2 Å². The van der Waals surface area contributed by atoms with Crippen molar-refractivity contribution in [1.82, 2.24) is 24.3 Å². The third-order valence-corrected chi connectivity index (χ3v) is 5.73. The predicted octanol–water partition coefficient (Wildman–Crippen LogP) is 5.80. The molecule has 0 unspecified atom stereocenters. The van der Waals surface area contributed by atoms with Crippen molar-refractivity contribution in [2.45, 2.75) is 19.1 Å². The van der Waals surface area contributed by atoms with Crippen molar-refractivity contribution in [3.05, 3.63) is 90.3 Å². The number of hydrogen-bond acceptors (Lipinski definition) is 6. The van der Waals surface area contributed by atoms with Crippen molar-refractivity contribution in [2.24, 2.45) is 0 Å². The number of nitriles is 1. The molecule has 0 spiro atoms. The zero-order valence-electron chi connectivity index (χ0n) is 19.4. The highest BCUT2D eigenvalue weighted by Crippen LogP contribution is 2.30. The summed E-state index contributed by atoms with van der Waals surface area (Å²) in [6.45, 7) is 0.370. The van der Waals surface area contributed by atoms with Gasteiger partial charge in [0.15, 0.2) is 5.82 Å². The van der Waals surface area contributed by atoms with E-state index in [1.54, 1.807) is 30.5 Å². The number of anilines is 2. The number of aryl methyl sites for hydroxylation is 1. The molecule has 0 aliphatic rings. The zero-order valence-corrected chi connectivity index (χ0v) is 19.4. The molecule has 0 aliphatic carbocycles. The third kappa shape index (κ3) is 4.94. The quantitative estimate of drug-likeness (QED) is 0.285. The maximum Gasteiger partial charge on any atom is 0.416 e. The Morgan fingerprint density at radius 1 is 1.08 bits per heavy atom. The average Bonchev–Trinajstić information content (AvgIpc) is 3.55. The second-order valence-electron chi connectivity index (χ2n) is 8.25. The summed E-state index contributed by atoms with van der Waals surface area (Å²) >= 11 is 0. The number of carbonyl (C=O) groups is 1. The normalized spacial score (nSPS) is 11.4. The van der Waals surface area contributed by atoms with Crippen molar-refractivity contribution in [3.63, 3.8) is 0 Å². The molecule has 3 aromatic heterocycles. The first-order chi connectivity index (χ1) is 18.2. The van der Waals surface area contributed by atoms with Gasteiger partial charge in [0.2, 0.25) is 5.95 Å². The van der Waals surface area contributed by atoms with E-state index in [-0.39, 0.29) is 23.6 Å². The van der Waals surface area contributed by atoms with Crippen LogP contribution in [0.2, 0.25) is 0 Å². The molecule has 8 nitrogen and oxygen atoms in total. The van der Waals surface area contributed by atoms with E-state index in [4.69, 9.17) is 5.26 Å². The minimum absolute atomic E-state index is 0.0417. The summed E-state index contributed by atoms with van der Waals surface area (Å²) in [5, 5.41) is 16.5. The van der Waals surface area contributed by atoms with Crippen molar-refractivity contribution < 1.29 is 22.4 Å². The van der Waals surface area contributed by atoms with Gasteiger partial charge in [-0.3, -0.25) is 14.0 Å². The van der Waals surface area contributed by atoms with Crippen molar-refractivity contribution in [3.8, 4) is 17.3 Å². The molecule has 5 aromatic rings. The standard InChI is InChI=1S/C26H17F4N7O/c27-21-14-32-25(35-23(21)18-13-33-36(15-18)10-1-9-31)34-20-6-7-22-17(12-20)8-11-37(22)24(38)16-2-4-19(5-3-16)26(28,29)30/h2-8,11-15H,1,10H2,(H,32,34,35). The van der Waals surface area contributed by atoms with Crippen LogP contribution in [-0.4, -0.2) is 30.2 Å². The average molecular weight is 519 g/mol. The molecule has 0 bridgehead atoms. The third-order valence-electron chi connectivity index (χ3n) is 5.73. The molecule has 0 saturated carbocycles. The maximum absolute atomic E-state index is 14.4. The lowest BCUT2D eigenvalue weighted by atomic mass is 10.1. The summed E-state index contributed by atoms with van der Waals surface area (Å²) in [6, 6.07) is 12.8. The summed E-state index contributed by atoms with van der Waals surface area (Å²) < 4.78 is 55.8. The number of nitrogens with one attached hydrogen (secondary N) is 1. The summed E-state index contributed by atoms with van der Waals surface area (Å²) in [5.74, 6) is -0.980. The van der Waals surface area contributed by atoms with E-state index in [0.717, 1.165) is 30.5 Å². The highest BCUT2D eigenvalue weighted by Gasteiger charge is 2.30. The molecule has 0 radical (unpaired) electrons. The molecular formula is C26H17F4N7O. The number of rotatable bonds is 6. The summed E-state index contributed by atoms with van der Waals surface area (Å²) in [6.07, 6.45) is 1.39. The smallest absolute Gasteiger partial charge is 0.324 e. The van der Waals surface area contributed by atoms with E-state index in [9.17, 15) is 22.4 Å². The fourth-order valence-electron chi connectivity index (χ4n) is 3.87. The lowest BCUT2D eigenvalue weighted by molar-refractivity contribution is -0.137. The van der Waals surface area contributed by atoms with E-state index < -0.39 is 23.5 Å². The highest BCUT2D eigenvalue weighted by atomic mass is 19.4. The molecule has 190 valence electrons. The van der Waals surface area contributed by atoms with Crippen molar-refractivity contribution in [1.29, 1.82) is 5.26 Å². The van der Waals surface area contributed by atoms with Crippen LogP contribution in [0.5, 0.6) is 0 Å². The van der Waals surface area contributed by atoms with Gasteiger partial charge in [0.05, 0.1) is 42.5 Å². The number of alkyl halides is 3. The number of aromatic nitrogens is 5. The lowest BCUT2D eigenvalue weighted by Crippen LogP contribution is -2.11. The number of carbonyl (C=O) groups excluding carboxylic acids is 1. The monoisotopic (exact) mass is 519 g/mol. The van der Waals surface area contributed by atoms with Gasteiger partial charge in [0.25, 0.3) is 5.91 Å². The van der Waals surface area contributed by atoms with Crippen LogP contribution >= 0.6 is 0 Å². The molecular weight excluding hydrogens is 502 g/mol. The molecule has 0 aliphatic heterocycles. The number of halogens is 4. The first-order valence-electron chi connectivity index (χ1n) is 11.3. The number of benzene rings is 2. The van der Waals surface area contributed by atoms with Crippen LogP contribution in [0, 0.1) is 17.1 Å². The van der Waals surface area contributed by atoms with Gasteiger partial charge in [-0.2, -0.15) is 23.5 Å². The van der Waals surface area contributed by atoms with Crippen LogP contribution in [0.1, 0.15) is 22.3 Å². The van der Waals surface area contributed by atoms with Crippen LogP contribution in [0.3, 0.4) is 0 Å². The van der Waals surface area contributed by atoms with Gasteiger partial charge in [0, 0.05) is 34.6 Å². The molecule has 38 heavy (non-hydrogen) atoms. The first-order valence-corrected chi connectivity index (χ1v) is 11.3. The largest absolute Gasteiger partial charge is 0.416 e. The van der Waals surface area contributed by atoms with Crippen molar-refractivity contribution in [2.75, 3.05) is 5.32 Å². The van der Waals surface area contributed by atoms with Gasteiger partial charge < -0.3 is 5.32 Å². The zero-order chi connectivity index (χ0) is 26.9. The fraction of sp³-hybridized carbons (Fsp3) is 0.115. The Kier molecular flexibility index (Phi) is 6.34. The summed E-state index contributed by atoms with van der Waals surface area (Å²) in [4.78, 5) is 21.2. The second-order valence-corrected chi connectivity index (χ2v) is 8.25. The van der Waals surface area contributed by atoms with Gasteiger partial charge in [-0.15, -0.1) is 0 Å². The minimum Gasteiger partial charge on any atom is -0.324 e. The molecule has 0 fully saturated rings. The Morgan fingerprint density at radius 2 is 1.87 bits per heavy atom. The Labute approximate surface area is 212 Å². The maximum atomic E-state index is 14.4. The van der Waals surface area contributed by atoms with Crippen LogP contribution in [0.25, 0.3) is 22.2 Å². The number of nitrogens with zero attached hydrogens (tertiary/aromatic N) is 6. The summed E-state index contributed by atoms with van der Waals surface area (Å²) in [5.41, 5.74) is 0.868. The molecule has 0 saturated heterocycles. The molecule has 5 rings (SSSR count). The number of fused-ring (bicyclic) bond motifs is 1. The van der Waals surface area contributed by atoms with Crippen LogP contribution in [-0.2, 0) is 12.7 Å². The molecule has 0 atom stereocenters. The second kappa shape index (κ2) is 9.78. The van der Waals surface area contributed by atoms with Gasteiger partial charge in [-0.05, 0) is 48.5 Å². The molecule has 2 aromatic carbocycles. The van der Waals surface area contributed by atoms with Crippen LogP contribution < -0.4 is 5.32 Å². The Bertz CT molecular complexity index is 1680. The molecule has 0 amide bonds. The first kappa shape index (κ1) is 24.6. The molecule has 1 N–H and O–H groups in total. The van der Waals surface area contributed by atoms with Crippen LogP contribution in [0.15, 0.2) is 73.3 Å². The summed E-state index contributed by atoms with van der Waals surface area (Å²) in [7, 11) is 0. The van der Waals surface area contributed by atoms with Gasteiger partial charge >= 0.3 is 6.18 Å². The van der Waals surface area contributed by atoms with E-state index in [1.165, 1.54) is 21.6 Å². The number of hydrogen-bond donors (Lipinski definition) is 1. The SMILES string of the molecule is N#CCCn1cc(-c2nc(Nc3ccc4c(ccn4C(=O)c4ccc(C(F)(F)F)cc4)c3)ncc2F)cn1. The molecule has 12 heteroatoms. The Balaban J connectivity index is 1.36. The Hall–Kier alpha value is -5.05. The predicted molar refractivity (Wildman–Crippen MR) is 130 cm³/mol. The van der Waals surface area contributed by atoms with E-state index >= 15 is 0 Å². The van der Waals surface area contributed by atoms with Gasteiger partial charge in [0.1, 0.15) is 5.69 Å². The van der Waals surface area contributed by atoms with E-state index in [2.05, 4.69) is 20.4 Å². The lowest BCUT2D eigenvalue weighted by Gasteiger charge is -2.09. The van der Waals surface area contributed by atoms with E-state index in [1.807, 2.05) is 6.07 Å². The highest BCUT2D eigenvalue weighted by molar-refractivity contribution is 6.02. The fourth-order valence-corrected chi connectivity index (χ4v) is 3.87. The van der Waals surface area contributed by atoms with Gasteiger partial charge in [-0.25, -0.2) is 14.4 Å². The molecule has 3 heterocycles.